The molecule has 0 spiro atoms. The SMILES string of the molecule is [C-]#[N+]C1=C[C@]2(C)c3nn(C)c(-c4ccccc4Cl)c3CC[C@H]2C(C)(C)C1=O. The first-order valence-electron chi connectivity index (χ1n) is 9.18. The van der Waals surface area contributed by atoms with Gasteiger partial charge < -0.3 is 4.79 Å². The van der Waals surface area contributed by atoms with E-state index in [0.29, 0.717) is 5.02 Å². The molecule has 27 heavy (non-hydrogen) atoms. The van der Waals surface area contributed by atoms with Gasteiger partial charge >= 0.3 is 0 Å². The van der Waals surface area contributed by atoms with E-state index in [2.05, 4.69) is 11.8 Å². The van der Waals surface area contributed by atoms with Crippen LogP contribution in [0.25, 0.3) is 16.1 Å². The van der Waals surface area contributed by atoms with Crippen LogP contribution in [0, 0.1) is 17.9 Å². The van der Waals surface area contributed by atoms with Crippen LogP contribution < -0.4 is 0 Å². The Kier molecular flexibility index (Phi) is 3.87. The Bertz CT molecular complexity index is 1040. The van der Waals surface area contributed by atoms with Crippen LogP contribution in [0.15, 0.2) is 36.0 Å². The van der Waals surface area contributed by atoms with Gasteiger partial charge in [-0.25, -0.2) is 4.85 Å². The highest BCUT2D eigenvalue weighted by Gasteiger charge is 2.55. The third-order valence-electron chi connectivity index (χ3n) is 6.44. The van der Waals surface area contributed by atoms with E-state index in [1.807, 2.05) is 55.9 Å². The lowest BCUT2D eigenvalue weighted by Crippen LogP contribution is -2.50. The summed E-state index contributed by atoms with van der Waals surface area (Å²) in [5, 5.41) is 5.58. The van der Waals surface area contributed by atoms with E-state index in [4.69, 9.17) is 23.3 Å². The standard InChI is InChI=1S/C22H22ClN3O/c1-21(2)17-11-10-14-18(13-8-6-7-9-15(13)23)26(5)25-19(14)22(17,3)12-16(24-4)20(21)27/h6-9,12,17H,10-11H2,1-3,5H3/t17-,22-/m0/s1. The average Bonchev–Trinajstić information content (AvgIpc) is 2.96. The maximum Gasteiger partial charge on any atom is 0.226 e. The van der Waals surface area contributed by atoms with E-state index in [1.54, 1.807) is 0 Å². The number of Topliss-reactive ketones (excluding diaryl/α,β-unsaturated/α-hetero) is 1. The van der Waals surface area contributed by atoms with Crippen molar-refractivity contribution in [2.24, 2.45) is 18.4 Å². The zero-order valence-corrected chi connectivity index (χ0v) is 16.8. The van der Waals surface area contributed by atoms with Gasteiger partial charge in [-0.1, -0.05) is 56.6 Å². The van der Waals surface area contributed by atoms with Gasteiger partial charge in [0.15, 0.2) is 5.78 Å². The molecule has 2 atom stereocenters. The summed E-state index contributed by atoms with van der Waals surface area (Å²) in [4.78, 5) is 16.3. The van der Waals surface area contributed by atoms with Gasteiger partial charge in [-0.15, -0.1) is 0 Å². The molecule has 0 fully saturated rings. The molecule has 1 heterocycles. The normalized spacial score (nSPS) is 26.0. The first-order valence-corrected chi connectivity index (χ1v) is 9.56. The van der Waals surface area contributed by atoms with Crippen LogP contribution in [0.5, 0.6) is 0 Å². The highest BCUT2D eigenvalue weighted by molar-refractivity contribution is 6.33. The Labute approximate surface area is 164 Å². The topological polar surface area (TPSA) is 39.2 Å². The van der Waals surface area contributed by atoms with Crippen molar-refractivity contribution in [2.75, 3.05) is 0 Å². The molecule has 2 aliphatic rings. The number of aryl methyl sites for hydroxylation is 1. The summed E-state index contributed by atoms with van der Waals surface area (Å²) >= 11 is 6.47. The van der Waals surface area contributed by atoms with Crippen LogP contribution >= 0.6 is 11.6 Å². The van der Waals surface area contributed by atoms with Crippen molar-refractivity contribution < 1.29 is 4.79 Å². The predicted molar refractivity (Wildman–Crippen MR) is 106 cm³/mol. The van der Waals surface area contributed by atoms with Gasteiger partial charge in [-0.3, -0.25) is 4.68 Å². The molecule has 1 aromatic carbocycles. The molecule has 0 radical (unpaired) electrons. The Balaban J connectivity index is 1.98. The van der Waals surface area contributed by atoms with Crippen LogP contribution in [-0.2, 0) is 23.7 Å². The lowest BCUT2D eigenvalue weighted by atomic mass is 9.53. The van der Waals surface area contributed by atoms with Crippen LogP contribution in [0.3, 0.4) is 0 Å². The molecule has 2 aliphatic carbocycles. The molecule has 0 N–H and O–H groups in total. The van der Waals surface area contributed by atoms with Crippen molar-refractivity contribution in [3.63, 3.8) is 0 Å². The Morgan fingerprint density at radius 2 is 2.00 bits per heavy atom. The lowest BCUT2D eigenvalue weighted by molar-refractivity contribution is -0.128. The van der Waals surface area contributed by atoms with Crippen molar-refractivity contribution in [1.82, 2.24) is 9.78 Å². The second-order valence-corrected chi connectivity index (χ2v) is 8.75. The summed E-state index contributed by atoms with van der Waals surface area (Å²) < 4.78 is 1.90. The highest BCUT2D eigenvalue weighted by atomic mass is 35.5. The maximum absolute atomic E-state index is 12.8. The number of halogens is 1. The molecule has 1 aromatic heterocycles. The minimum absolute atomic E-state index is 0.0503. The predicted octanol–water partition coefficient (Wildman–Crippen LogP) is 4.97. The minimum Gasteiger partial charge on any atom is -0.307 e. The van der Waals surface area contributed by atoms with Crippen molar-refractivity contribution in [3.8, 4) is 11.3 Å². The molecule has 5 heteroatoms. The Hall–Kier alpha value is -2.38. The van der Waals surface area contributed by atoms with Crippen molar-refractivity contribution in [2.45, 2.75) is 39.0 Å². The summed E-state index contributed by atoms with van der Waals surface area (Å²) in [6.45, 7) is 13.6. The fourth-order valence-electron chi connectivity index (χ4n) is 5.18. The molecule has 4 nitrogen and oxygen atoms in total. The van der Waals surface area contributed by atoms with Gasteiger partial charge in [0.25, 0.3) is 0 Å². The third-order valence-corrected chi connectivity index (χ3v) is 6.77. The third kappa shape index (κ3) is 2.34. The smallest absolute Gasteiger partial charge is 0.226 e. The highest BCUT2D eigenvalue weighted by Crippen LogP contribution is 2.55. The number of hydrogen-bond donors (Lipinski definition) is 0. The van der Waals surface area contributed by atoms with Crippen LogP contribution in [0.4, 0.5) is 0 Å². The fraction of sp³-hybridized carbons (Fsp3) is 0.409. The first kappa shape index (κ1) is 18.0. The number of fused-ring (bicyclic) bond motifs is 3. The summed E-state index contributed by atoms with van der Waals surface area (Å²) in [6.07, 6.45) is 3.59. The molecular weight excluding hydrogens is 358 g/mol. The second-order valence-electron chi connectivity index (χ2n) is 8.35. The molecule has 0 amide bonds. The monoisotopic (exact) mass is 379 g/mol. The van der Waals surface area contributed by atoms with Crippen LogP contribution in [0.1, 0.15) is 38.4 Å². The number of rotatable bonds is 1. The fourth-order valence-corrected chi connectivity index (χ4v) is 5.41. The molecule has 0 bridgehead atoms. The van der Waals surface area contributed by atoms with Gasteiger partial charge in [-0.2, -0.15) is 5.10 Å². The molecule has 0 aliphatic heterocycles. The number of hydrogen-bond acceptors (Lipinski definition) is 2. The second kappa shape index (κ2) is 5.81. The number of ketones is 1. The van der Waals surface area contributed by atoms with Gasteiger partial charge in [-0.05, 0) is 24.8 Å². The number of aromatic nitrogens is 2. The molecular formula is C22H22ClN3O. The Morgan fingerprint density at radius 1 is 1.30 bits per heavy atom. The zero-order valence-electron chi connectivity index (χ0n) is 16.0. The average molecular weight is 380 g/mol. The van der Waals surface area contributed by atoms with Crippen molar-refractivity contribution >= 4 is 17.4 Å². The number of carbonyl (C=O) groups is 1. The van der Waals surface area contributed by atoms with Gasteiger partial charge in [0.2, 0.25) is 5.70 Å². The Morgan fingerprint density at radius 3 is 2.67 bits per heavy atom. The molecule has 138 valence electrons. The van der Waals surface area contributed by atoms with E-state index in [0.717, 1.165) is 29.8 Å². The minimum atomic E-state index is -0.580. The maximum atomic E-state index is 12.8. The number of carbonyl (C=O) groups excluding carboxylic acids is 1. The summed E-state index contributed by atoms with van der Waals surface area (Å²) in [7, 11) is 1.94. The van der Waals surface area contributed by atoms with Crippen LogP contribution in [0.2, 0.25) is 5.02 Å². The van der Waals surface area contributed by atoms with E-state index >= 15 is 0 Å². The summed E-state index contributed by atoms with van der Waals surface area (Å²) in [5.74, 6) is 0.0650. The molecule has 2 aromatic rings. The molecule has 0 saturated carbocycles. The number of benzene rings is 1. The van der Waals surface area contributed by atoms with Gasteiger partial charge in [0, 0.05) is 34.0 Å². The number of allylic oxidation sites excluding steroid dienone is 2. The largest absolute Gasteiger partial charge is 0.307 e. The molecule has 4 rings (SSSR count). The van der Waals surface area contributed by atoms with E-state index in [1.165, 1.54) is 5.56 Å². The van der Waals surface area contributed by atoms with Crippen LogP contribution in [-0.4, -0.2) is 15.6 Å². The number of nitrogens with zero attached hydrogens (tertiary/aromatic N) is 3. The van der Waals surface area contributed by atoms with E-state index in [-0.39, 0.29) is 17.4 Å². The van der Waals surface area contributed by atoms with E-state index < -0.39 is 10.8 Å². The first-order chi connectivity index (χ1) is 12.7. The zero-order chi connectivity index (χ0) is 19.6. The lowest BCUT2D eigenvalue weighted by Gasteiger charge is -2.49. The molecule has 0 unspecified atom stereocenters. The molecule has 0 saturated heterocycles. The quantitative estimate of drug-likeness (QED) is 0.656. The summed E-state index contributed by atoms with van der Waals surface area (Å²) in [5.41, 5.74) is 3.36. The van der Waals surface area contributed by atoms with Gasteiger partial charge in [0.05, 0.1) is 18.0 Å². The van der Waals surface area contributed by atoms with E-state index in [9.17, 15) is 4.79 Å². The summed E-state index contributed by atoms with van der Waals surface area (Å²) in [6, 6.07) is 7.81. The van der Waals surface area contributed by atoms with Crippen molar-refractivity contribution in [1.29, 1.82) is 0 Å². The van der Waals surface area contributed by atoms with Gasteiger partial charge in [0.1, 0.15) is 0 Å². The van der Waals surface area contributed by atoms with Crippen molar-refractivity contribution in [3.05, 3.63) is 63.7 Å².